The van der Waals surface area contributed by atoms with Gasteiger partial charge in [0, 0.05) is 6.42 Å². The van der Waals surface area contributed by atoms with E-state index < -0.39 is 5.85 Å². The predicted molar refractivity (Wildman–Crippen MR) is 60.8 cm³/mol. The van der Waals surface area contributed by atoms with Crippen LogP contribution in [-0.2, 0) is 12.3 Å². The fourth-order valence-corrected chi connectivity index (χ4v) is 2.08. The smallest absolute Gasteiger partial charge is 0.236 e. The van der Waals surface area contributed by atoms with Crippen molar-refractivity contribution < 1.29 is 9.50 Å². The van der Waals surface area contributed by atoms with Crippen molar-refractivity contribution >= 4 is 0 Å². The highest BCUT2D eigenvalue weighted by molar-refractivity contribution is 5.31. The van der Waals surface area contributed by atoms with E-state index in [0.29, 0.717) is 23.6 Å². The number of hydrogen-bond acceptors (Lipinski definition) is 3. The molecule has 1 aromatic heterocycles. The SMILES string of the molecule is CC.Cc1nc(C)c2c(n1)CCCC2(O)F. The average molecular weight is 226 g/mol. The van der Waals surface area contributed by atoms with Crippen LogP contribution < -0.4 is 0 Å². The second-order valence-electron chi connectivity index (χ2n) is 3.79. The van der Waals surface area contributed by atoms with Crippen molar-refractivity contribution in [3.63, 3.8) is 0 Å². The van der Waals surface area contributed by atoms with Gasteiger partial charge in [-0.2, -0.15) is 0 Å². The molecule has 0 bridgehead atoms. The van der Waals surface area contributed by atoms with Gasteiger partial charge in [0.05, 0.1) is 17.0 Å². The van der Waals surface area contributed by atoms with Gasteiger partial charge in [0.2, 0.25) is 5.85 Å². The van der Waals surface area contributed by atoms with Crippen LogP contribution in [0.25, 0.3) is 0 Å². The van der Waals surface area contributed by atoms with Crippen molar-refractivity contribution in [2.45, 2.75) is 52.8 Å². The number of alkyl halides is 1. The number of hydrogen-bond donors (Lipinski definition) is 1. The number of nitrogens with zero attached hydrogens (tertiary/aromatic N) is 2. The fraction of sp³-hybridized carbons (Fsp3) is 0.667. The van der Waals surface area contributed by atoms with E-state index in [-0.39, 0.29) is 12.0 Å². The van der Waals surface area contributed by atoms with Gasteiger partial charge in [0.1, 0.15) is 5.82 Å². The van der Waals surface area contributed by atoms with E-state index >= 15 is 0 Å². The van der Waals surface area contributed by atoms with Crippen molar-refractivity contribution in [2.75, 3.05) is 0 Å². The van der Waals surface area contributed by atoms with Crippen LogP contribution in [0, 0.1) is 13.8 Å². The van der Waals surface area contributed by atoms with Gasteiger partial charge in [0.25, 0.3) is 0 Å². The van der Waals surface area contributed by atoms with Gasteiger partial charge < -0.3 is 5.11 Å². The number of aryl methyl sites for hydroxylation is 3. The Hall–Kier alpha value is -1.03. The standard InChI is InChI=1S/C10H13FN2O.C2H6/c1-6-9-8(13-7(2)12-6)4-3-5-10(9,11)14;1-2/h14H,3-5H2,1-2H3;1-2H3. The molecule has 1 atom stereocenters. The summed E-state index contributed by atoms with van der Waals surface area (Å²) in [5, 5.41) is 9.55. The van der Waals surface area contributed by atoms with Gasteiger partial charge in [-0.3, -0.25) is 0 Å². The predicted octanol–water partition coefficient (Wildman–Crippen LogP) is 2.57. The Morgan fingerprint density at radius 1 is 1.25 bits per heavy atom. The number of rotatable bonds is 0. The molecule has 1 unspecified atom stereocenters. The first kappa shape index (κ1) is 13.0. The monoisotopic (exact) mass is 226 g/mol. The highest BCUT2D eigenvalue weighted by Gasteiger charge is 2.37. The summed E-state index contributed by atoms with van der Waals surface area (Å²) in [5.74, 6) is -1.59. The Morgan fingerprint density at radius 2 is 1.88 bits per heavy atom. The van der Waals surface area contributed by atoms with Crippen molar-refractivity contribution in [1.82, 2.24) is 9.97 Å². The third-order valence-corrected chi connectivity index (χ3v) is 2.58. The second-order valence-corrected chi connectivity index (χ2v) is 3.79. The largest absolute Gasteiger partial charge is 0.358 e. The van der Waals surface area contributed by atoms with E-state index in [1.54, 1.807) is 13.8 Å². The summed E-state index contributed by atoms with van der Waals surface area (Å²) >= 11 is 0. The Kier molecular flexibility index (Phi) is 3.97. The maximum atomic E-state index is 13.7. The van der Waals surface area contributed by atoms with Crippen molar-refractivity contribution in [2.24, 2.45) is 0 Å². The minimum Gasteiger partial charge on any atom is -0.358 e. The van der Waals surface area contributed by atoms with Crippen LogP contribution in [0.15, 0.2) is 0 Å². The summed E-state index contributed by atoms with van der Waals surface area (Å²) in [6, 6.07) is 0. The van der Waals surface area contributed by atoms with E-state index in [1.807, 2.05) is 13.8 Å². The van der Waals surface area contributed by atoms with Crippen LogP contribution in [-0.4, -0.2) is 15.1 Å². The van der Waals surface area contributed by atoms with Crippen LogP contribution >= 0.6 is 0 Å². The van der Waals surface area contributed by atoms with Crippen LogP contribution in [0.5, 0.6) is 0 Å². The van der Waals surface area contributed by atoms with Gasteiger partial charge >= 0.3 is 0 Å². The van der Waals surface area contributed by atoms with E-state index in [4.69, 9.17) is 0 Å². The summed E-state index contributed by atoms with van der Waals surface area (Å²) in [7, 11) is 0. The zero-order valence-electron chi connectivity index (χ0n) is 10.3. The van der Waals surface area contributed by atoms with E-state index in [2.05, 4.69) is 9.97 Å². The third-order valence-electron chi connectivity index (χ3n) is 2.58. The van der Waals surface area contributed by atoms with Crippen LogP contribution in [0.4, 0.5) is 4.39 Å². The molecule has 1 heterocycles. The van der Waals surface area contributed by atoms with Crippen LogP contribution in [0.1, 0.15) is 49.5 Å². The molecule has 2 rings (SSSR count). The maximum absolute atomic E-state index is 13.7. The van der Waals surface area contributed by atoms with Crippen molar-refractivity contribution in [3.05, 3.63) is 22.8 Å². The molecule has 0 fully saturated rings. The number of fused-ring (bicyclic) bond motifs is 1. The molecule has 0 saturated heterocycles. The summed E-state index contributed by atoms with van der Waals surface area (Å²) < 4.78 is 13.7. The van der Waals surface area contributed by atoms with Crippen molar-refractivity contribution in [1.29, 1.82) is 0 Å². The summed E-state index contributed by atoms with van der Waals surface area (Å²) in [4.78, 5) is 8.23. The lowest BCUT2D eigenvalue weighted by atomic mass is 9.90. The number of aliphatic hydroxyl groups is 1. The van der Waals surface area contributed by atoms with E-state index in [0.717, 1.165) is 6.42 Å². The van der Waals surface area contributed by atoms with E-state index in [9.17, 15) is 9.50 Å². The summed E-state index contributed by atoms with van der Waals surface area (Å²) in [6.07, 6.45) is 1.51. The molecular weight excluding hydrogens is 207 g/mol. The molecule has 1 aliphatic rings. The van der Waals surface area contributed by atoms with Gasteiger partial charge in [0.15, 0.2) is 0 Å². The molecule has 16 heavy (non-hydrogen) atoms. The first-order valence-electron chi connectivity index (χ1n) is 5.76. The molecular formula is C12H19FN2O. The quantitative estimate of drug-likeness (QED) is 0.739. The lowest BCUT2D eigenvalue weighted by Crippen LogP contribution is -2.28. The summed E-state index contributed by atoms with van der Waals surface area (Å²) in [5.41, 5.74) is 1.50. The molecule has 0 aliphatic heterocycles. The molecule has 0 saturated carbocycles. The zero-order valence-corrected chi connectivity index (χ0v) is 10.3. The highest BCUT2D eigenvalue weighted by Crippen LogP contribution is 2.36. The molecule has 0 spiro atoms. The normalized spacial score (nSPS) is 23.1. The van der Waals surface area contributed by atoms with Crippen LogP contribution in [0.3, 0.4) is 0 Å². The topological polar surface area (TPSA) is 46.0 Å². The Labute approximate surface area is 95.8 Å². The molecule has 1 N–H and O–H groups in total. The Morgan fingerprint density at radius 3 is 2.50 bits per heavy atom. The minimum absolute atomic E-state index is 0.146. The average Bonchev–Trinajstić information content (AvgIpc) is 2.18. The first-order chi connectivity index (χ1) is 7.50. The second kappa shape index (κ2) is 4.87. The lowest BCUT2D eigenvalue weighted by Gasteiger charge is -2.27. The first-order valence-corrected chi connectivity index (χ1v) is 5.76. The highest BCUT2D eigenvalue weighted by atomic mass is 19.2. The van der Waals surface area contributed by atoms with Gasteiger partial charge in [-0.05, 0) is 26.7 Å². The molecule has 0 amide bonds. The Bertz CT molecular complexity index is 378. The molecule has 4 heteroatoms. The summed E-state index contributed by atoms with van der Waals surface area (Å²) in [6.45, 7) is 7.49. The Balaban J connectivity index is 0.000000606. The number of aromatic nitrogens is 2. The molecule has 0 radical (unpaired) electrons. The maximum Gasteiger partial charge on any atom is 0.236 e. The lowest BCUT2D eigenvalue weighted by molar-refractivity contribution is -0.109. The molecule has 1 aromatic rings. The third kappa shape index (κ3) is 2.38. The van der Waals surface area contributed by atoms with Crippen LogP contribution in [0.2, 0.25) is 0 Å². The van der Waals surface area contributed by atoms with Gasteiger partial charge in [-0.1, -0.05) is 13.8 Å². The van der Waals surface area contributed by atoms with Crippen molar-refractivity contribution in [3.8, 4) is 0 Å². The fourth-order valence-electron chi connectivity index (χ4n) is 2.08. The van der Waals surface area contributed by atoms with Gasteiger partial charge in [-0.15, -0.1) is 0 Å². The molecule has 0 aromatic carbocycles. The molecule has 3 nitrogen and oxygen atoms in total. The zero-order chi connectivity index (χ0) is 12.3. The number of halogens is 1. The van der Waals surface area contributed by atoms with Gasteiger partial charge in [-0.25, -0.2) is 14.4 Å². The molecule has 1 aliphatic carbocycles. The molecule has 90 valence electrons. The van der Waals surface area contributed by atoms with E-state index in [1.165, 1.54) is 0 Å². The minimum atomic E-state index is -2.23.